The van der Waals surface area contributed by atoms with E-state index in [1.807, 2.05) is 17.5 Å². The summed E-state index contributed by atoms with van der Waals surface area (Å²) in [6.45, 7) is -0.139. The second-order valence-corrected chi connectivity index (χ2v) is 5.98. The predicted molar refractivity (Wildman–Crippen MR) is 97.2 cm³/mol. The van der Waals surface area contributed by atoms with Gasteiger partial charge in [-0.2, -0.15) is 0 Å². The number of hydrogen-bond acceptors (Lipinski definition) is 6. The van der Waals surface area contributed by atoms with Gasteiger partial charge < -0.3 is 16.4 Å². The molecule has 0 aliphatic heterocycles. The monoisotopic (exact) mass is 353 g/mol. The molecule has 0 unspecified atom stereocenters. The van der Waals surface area contributed by atoms with Crippen molar-refractivity contribution in [1.29, 1.82) is 0 Å². The van der Waals surface area contributed by atoms with Gasteiger partial charge in [0.2, 0.25) is 5.91 Å². The van der Waals surface area contributed by atoms with Gasteiger partial charge in [0.1, 0.15) is 5.69 Å². The molecule has 1 aromatic carbocycles. The van der Waals surface area contributed by atoms with E-state index in [0.717, 1.165) is 11.3 Å². The van der Waals surface area contributed by atoms with Gasteiger partial charge in [0, 0.05) is 22.8 Å². The Kier molecular flexibility index (Phi) is 5.00. The molecule has 0 saturated carbocycles. The number of nitrogens with two attached hydrogens (primary N) is 1. The summed E-state index contributed by atoms with van der Waals surface area (Å²) in [6.07, 6.45) is 1.52. The van der Waals surface area contributed by atoms with E-state index in [9.17, 15) is 9.59 Å². The molecule has 126 valence electrons. The number of anilines is 2. The first-order chi connectivity index (χ1) is 12.1. The van der Waals surface area contributed by atoms with Crippen LogP contribution in [0.2, 0.25) is 0 Å². The highest BCUT2D eigenvalue weighted by Crippen LogP contribution is 2.24. The molecule has 2 aromatic heterocycles. The minimum absolute atomic E-state index is 0.139. The fourth-order valence-corrected chi connectivity index (χ4v) is 2.67. The molecular weight excluding hydrogens is 338 g/mol. The van der Waals surface area contributed by atoms with Gasteiger partial charge in [0.25, 0.3) is 5.91 Å². The average Bonchev–Trinajstić information content (AvgIpc) is 3.07. The van der Waals surface area contributed by atoms with E-state index in [4.69, 9.17) is 5.73 Å². The molecule has 4 N–H and O–H groups in total. The lowest BCUT2D eigenvalue weighted by atomic mass is 10.1. The van der Waals surface area contributed by atoms with Gasteiger partial charge in [-0.05, 0) is 24.3 Å². The first kappa shape index (κ1) is 16.6. The highest BCUT2D eigenvalue weighted by Gasteiger charge is 2.09. The summed E-state index contributed by atoms with van der Waals surface area (Å²) in [5.41, 5.74) is 8.22. The summed E-state index contributed by atoms with van der Waals surface area (Å²) in [5, 5.41) is 7.62. The maximum absolute atomic E-state index is 11.9. The molecule has 2 heterocycles. The van der Waals surface area contributed by atoms with Crippen molar-refractivity contribution >= 4 is 34.0 Å². The summed E-state index contributed by atoms with van der Waals surface area (Å²) < 4.78 is 0. The summed E-state index contributed by atoms with van der Waals surface area (Å²) in [4.78, 5) is 31.9. The van der Waals surface area contributed by atoms with Crippen LogP contribution in [0.1, 0.15) is 10.5 Å². The minimum atomic E-state index is -0.396. The summed E-state index contributed by atoms with van der Waals surface area (Å²) >= 11 is 1.37. The number of carbonyl (C=O) groups excluding carboxylic acids is 2. The fourth-order valence-electron chi connectivity index (χ4n) is 2.10. The lowest BCUT2D eigenvalue weighted by molar-refractivity contribution is -0.115. The number of carbonyl (C=O) groups is 2. The number of nitrogen functional groups attached to an aromatic ring is 1. The molecule has 0 aliphatic rings. The maximum Gasteiger partial charge on any atom is 0.270 e. The number of rotatable bonds is 5. The molecular formula is C17H15N5O2S. The summed E-state index contributed by atoms with van der Waals surface area (Å²) in [6, 6.07) is 12.2. The maximum atomic E-state index is 11.9. The van der Waals surface area contributed by atoms with E-state index in [2.05, 4.69) is 20.6 Å². The van der Waals surface area contributed by atoms with Crippen molar-refractivity contribution in [2.45, 2.75) is 0 Å². The second kappa shape index (κ2) is 7.54. The zero-order chi connectivity index (χ0) is 17.6. The zero-order valence-electron chi connectivity index (χ0n) is 13.1. The lowest BCUT2D eigenvalue weighted by Gasteiger charge is -2.07. The number of nitrogens with zero attached hydrogens (tertiary/aromatic N) is 2. The topological polar surface area (TPSA) is 110 Å². The molecule has 0 spiro atoms. The minimum Gasteiger partial charge on any atom is -0.375 e. The molecule has 0 radical (unpaired) electrons. The van der Waals surface area contributed by atoms with Crippen LogP contribution in [-0.4, -0.2) is 28.3 Å². The van der Waals surface area contributed by atoms with Crippen LogP contribution >= 0.6 is 11.3 Å². The first-order valence-electron chi connectivity index (χ1n) is 7.42. The highest BCUT2D eigenvalue weighted by molar-refractivity contribution is 7.13. The molecule has 25 heavy (non-hydrogen) atoms. The van der Waals surface area contributed by atoms with E-state index in [0.29, 0.717) is 10.8 Å². The van der Waals surface area contributed by atoms with Crippen molar-refractivity contribution in [1.82, 2.24) is 15.3 Å². The Bertz CT molecular complexity index is 878. The van der Waals surface area contributed by atoms with Gasteiger partial charge >= 0.3 is 0 Å². The van der Waals surface area contributed by atoms with Crippen LogP contribution in [0.3, 0.4) is 0 Å². The highest BCUT2D eigenvalue weighted by atomic mass is 32.1. The van der Waals surface area contributed by atoms with Crippen LogP contribution in [-0.2, 0) is 4.79 Å². The van der Waals surface area contributed by atoms with Crippen molar-refractivity contribution in [3.63, 3.8) is 0 Å². The third kappa shape index (κ3) is 4.39. The summed E-state index contributed by atoms with van der Waals surface area (Å²) in [5.74, 6) is -0.720. The van der Waals surface area contributed by atoms with Gasteiger partial charge in [-0.1, -0.05) is 18.2 Å². The molecule has 0 fully saturated rings. The Balaban J connectivity index is 1.53. The van der Waals surface area contributed by atoms with E-state index < -0.39 is 5.91 Å². The standard InChI is InChI=1S/C17H15N5O2S/c18-17-22-14(10-25-17)11-4-6-12(7-5-11)21-15(23)9-20-16(24)13-3-1-2-8-19-13/h1-8,10H,9H2,(H2,18,22)(H,20,24)(H,21,23). The van der Waals surface area contributed by atoms with Gasteiger partial charge in [0.15, 0.2) is 5.13 Å². The van der Waals surface area contributed by atoms with Crippen molar-refractivity contribution in [3.8, 4) is 11.3 Å². The molecule has 7 nitrogen and oxygen atoms in total. The Morgan fingerprint density at radius 2 is 1.92 bits per heavy atom. The third-order valence-electron chi connectivity index (χ3n) is 3.29. The molecule has 0 aliphatic carbocycles. The molecule has 3 aromatic rings. The smallest absolute Gasteiger partial charge is 0.270 e. The zero-order valence-corrected chi connectivity index (χ0v) is 13.9. The molecule has 3 rings (SSSR count). The van der Waals surface area contributed by atoms with Gasteiger partial charge in [-0.3, -0.25) is 14.6 Å². The van der Waals surface area contributed by atoms with Crippen LogP contribution in [0.25, 0.3) is 11.3 Å². The van der Waals surface area contributed by atoms with Gasteiger partial charge in [0.05, 0.1) is 12.2 Å². The predicted octanol–water partition coefficient (Wildman–Crippen LogP) is 2.16. The number of hydrogen-bond donors (Lipinski definition) is 3. The third-order valence-corrected chi connectivity index (χ3v) is 3.97. The van der Waals surface area contributed by atoms with Gasteiger partial charge in [-0.15, -0.1) is 11.3 Å². The average molecular weight is 353 g/mol. The van der Waals surface area contributed by atoms with Crippen LogP contribution in [0.4, 0.5) is 10.8 Å². The summed E-state index contributed by atoms with van der Waals surface area (Å²) in [7, 11) is 0. The van der Waals surface area contributed by atoms with E-state index >= 15 is 0 Å². The number of nitrogens with one attached hydrogen (secondary N) is 2. The number of aromatic nitrogens is 2. The van der Waals surface area contributed by atoms with E-state index in [1.54, 1.807) is 30.3 Å². The van der Waals surface area contributed by atoms with Crippen molar-refractivity contribution in [2.24, 2.45) is 0 Å². The van der Waals surface area contributed by atoms with Crippen LogP contribution < -0.4 is 16.4 Å². The molecule has 0 saturated heterocycles. The Hall–Kier alpha value is -3.26. The number of amides is 2. The van der Waals surface area contributed by atoms with Crippen molar-refractivity contribution < 1.29 is 9.59 Å². The molecule has 2 amide bonds. The Morgan fingerprint density at radius 1 is 1.12 bits per heavy atom. The Morgan fingerprint density at radius 3 is 2.56 bits per heavy atom. The van der Waals surface area contributed by atoms with Crippen LogP contribution in [0.15, 0.2) is 54.0 Å². The number of pyridine rings is 1. The quantitative estimate of drug-likeness (QED) is 0.651. The SMILES string of the molecule is Nc1nc(-c2ccc(NC(=O)CNC(=O)c3ccccn3)cc2)cs1. The van der Waals surface area contributed by atoms with E-state index in [-0.39, 0.29) is 18.1 Å². The van der Waals surface area contributed by atoms with Gasteiger partial charge in [-0.25, -0.2) is 4.98 Å². The van der Waals surface area contributed by atoms with Crippen LogP contribution in [0, 0.1) is 0 Å². The first-order valence-corrected chi connectivity index (χ1v) is 8.30. The molecule has 0 bridgehead atoms. The Labute approximate surface area is 147 Å². The second-order valence-electron chi connectivity index (χ2n) is 5.09. The number of thiazole rings is 1. The van der Waals surface area contributed by atoms with E-state index in [1.165, 1.54) is 17.5 Å². The molecule has 8 heteroatoms. The lowest BCUT2D eigenvalue weighted by Crippen LogP contribution is -2.33. The van der Waals surface area contributed by atoms with Crippen molar-refractivity contribution in [2.75, 3.05) is 17.6 Å². The fraction of sp³-hybridized carbons (Fsp3) is 0.0588. The largest absolute Gasteiger partial charge is 0.375 e. The van der Waals surface area contributed by atoms with Crippen LogP contribution in [0.5, 0.6) is 0 Å². The number of benzene rings is 1. The normalized spacial score (nSPS) is 10.2. The molecule has 0 atom stereocenters. The van der Waals surface area contributed by atoms with Crippen molar-refractivity contribution in [3.05, 3.63) is 59.7 Å².